The van der Waals surface area contributed by atoms with Crippen molar-refractivity contribution in [1.29, 1.82) is 0 Å². The van der Waals surface area contributed by atoms with E-state index >= 15 is 0 Å². The molecule has 1 aliphatic heterocycles. The SMILES string of the molecule is Cc1ccc(-c2c([C@H](OC(C)(C)C)C(=O)O)c(C)c3c4c2cc(-c2ccnc(-c5ccc6c(cnn6C)c5)c2)n4CS(=O)(=O)N3C)cc1. The van der Waals surface area contributed by atoms with E-state index in [1.54, 1.807) is 13.1 Å². The van der Waals surface area contributed by atoms with E-state index in [1.165, 1.54) is 11.4 Å². The van der Waals surface area contributed by atoms with Crippen LogP contribution in [0.3, 0.4) is 0 Å². The summed E-state index contributed by atoms with van der Waals surface area (Å²) < 4.78 is 38.8. The van der Waals surface area contributed by atoms with E-state index in [2.05, 4.69) is 10.1 Å². The van der Waals surface area contributed by atoms with Crippen LogP contribution in [-0.4, -0.2) is 51.5 Å². The fraction of sp³-hybridized carbons (Fsp3) is 0.270. The number of carboxylic acids is 1. The molecule has 6 aromatic rings. The van der Waals surface area contributed by atoms with Crippen molar-refractivity contribution < 1.29 is 23.1 Å². The molecule has 4 heterocycles. The molecule has 3 aromatic carbocycles. The number of hydrogen-bond acceptors (Lipinski definition) is 6. The summed E-state index contributed by atoms with van der Waals surface area (Å²) in [7, 11) is -0.398. The molecule has 0 saturated carbocycles. The minimum Gasteiger partial charge on any atom is -0.479 e. The third-order valence-electron chi connectivity index (χ3n) is 9.04. The molecular weight excluding hydrogens is 627 g/mol. The average molecular weight is 664 g/mol. The number of carboxylic acid groups (broad SMARTS) is 1. The Kier molecular flexibility index (Phi) is 7.26. The summed E-state index contributed by atoms with van der Waals surface area (Å²) >= 11 is 0. The zero-order valence-corrected chi connectivity index (χ0v) is 28.8. The number of pyridine rings is 1. The molecule has 1 aliphatic rings. The zero-order chi connectivity index (χ0) is 34.3. The van der Waals surface area contributed by atoms with Gasteiger partial charge in [-0.05, 0) is 81.6 Å². The Morgan fingerprint density at radius 1 is 0.958 bits per heavy atom. The number of carbonyl (C=O) groups is 1. The zero-order valence-electron chi connectivity index (χ0n) is 27.9. The average Bonchev–Trinajstić information content (AvgIpc) is 3.58. The van der Waals surface area contributed by atoms with Crippen LogP contribution in [0.2, 0.25) is 0 Å². The fourth-order valence-electron chi connectivity index (χ4n) is 6.80. The number of sulfonamides is 1. The third kappa shape index (κ3) is 5.14. The standard InChI is InChI=1S/C37H37N5O5S/c1-21-8-10-23(11-9-21)32-27-18-30(25-14-15-38-28(17-25)24-12-13-29-26(16-24)19-39-40(29)6)42-20-48(45,46)41(7)33(34(27)42)22(2)31(32)35(36(43)44)47-37(3,4)5/h8-19,35H,20H2,1-7H3,(H,43,44)/t35-/m0/s1. The number of fused-ring (bicyclic) bond motifs is 1. The minimum atomic E-state index is -3.83. The molecule has 10 nitrogen and oxygen atoms in total. The van der Waals surface area contributed by atoms with Crippen LogP contribution in [-0.2, 0) is 32.5 Å². The van der Waals surface area contributed by atoms with Gasteiger partial charge in [-0.3, -0.25) is 14.0 Å². The van der Waals surface area contributed by atoms with Gasteiger partial charge in [0.15, 0.2) is 6.10 Å². The molecule has 0 saturated heterocycles. The first-order valence-corrected chi connectivity index (χ1v) is 17.3. The molecule has 1 atom stereocenters. The Hall–Kier alpha value is -5.00. The summed E-state index contributed by atoms with van der Waals surface area (Å²) in [5.41, 5.74) is 7.99. The van der Waals surface area contributed by atoms with Gasteiger partial charge in [0.05, 0.1) is 39.9 Å². The molecule has 0 radical (unpaired) electrons. The Balaban J connectivity index is 1.55. The van der Waals surface area contributed by atoms with E-state index in [0.29, 0.717) is 33.6 Å². The lowest BCUT2D eigenvalue weighted by Gasteiger charge is -2.33. The molecule has 0 bridgehead atoms. The third-order valence-corrected chi connectivity index (χ3v) is 10.6. The van der Waals surface area contributed by atoms with Crippen molar-refractivity contribution in [2.24, 2.45) is 7.05 Å². The monoisotopic (exact) mass is 663 g/mol. The summed E-state index contributed by atoms with van der Waals surface area (Å²) in [5, 5.41) is 16.7. The molecule has 7 rings (SSSR count). The van der Waals surface area contributed by atoms with Gasteiger partial charge in [0.1, 0.15) is 5.88 Å². The van der Waals surface area contributed by atoms with Gasteiger partial charge in [-0.15, -0.1) is 0 Å². The number of anilines is 1. The van der Waals surface area contributed by atoms with Crippen LogP contribution < -0.4 is 4.31 Å². The van der Waals surface area contributed by atoms with E-state index in [1.807, 2.05) is 111 Å². The maximum Gasteiger partial charge on any atom is 0.337 e. The van der Waals surface area contributed by atoms with Crippen molar-refractivity contribution in [1.82, 2.24) is 19.3 Å². The quantitative estimate of drug-likeness (QED) is 0.200. The number of aryl methyl sites for hydroxylation is 2. The van der Waals surface area contributed by atoms with Crippen LogP contribution in [0.15, 0.2) is 73.1 Å². The summed E-state index contributed by atoms with van der Waals surface area (Å²) in [4.78, 5) is 17.7. The van der Waals surface area contributed by atoms with Gasteiger partial charge in [-0.1, -0.05) is 35.9 Å². The van der Waals surface area contributed by atoms with Gasteiger partial charge < -0.3 is 14.4 Å². The van der Waals surface area contributed by atoms with Crippen molar-refractivity contribution in [2.75, 3.05) is 11.4 Å². The lowest BCUT2D eigenvalue weighted by Crippen LogP contribution is -2.35. The number of benzene rings is 3. The first kappa shape index (κ1) is 31.6. The number of nitrogens with zero attached hydrogens (tertiary/aromatic N) is 5. The number of rotatable bonds is 6. The number of hydrogen-bond donors (Lipinski definition) is 1. The topological polar surface area (TPSA) is 120 Å². The number of ether oxygens (including phenoxy) is 1. The van der Waals surface area contributed by atoms with Crippen LogP contribution in [0.4, 0.5) is 5.69 Å². The highest BCUT2D eigenvalue weighted by atomic mass is 32.2. The Morgan fingerprint density at radius 3 is 2.35 bits per heavy atom. The lowest BCUT2D eigenvalue weighted by atomic mass is 9.87. The highest BCUT2D eigenvalue weighted by Gasteiger charge is 2.39. The van der Waals surface area contributed by atoms with Crippen molar-refractivity contribution in [3.8, 4) is 33.6 Å². The van der Waals surface area contributed by atoms with Crippen LogP contribution in [0, 0.1) is 13.8 Å². The van der Waals surface area contributed by atoms with Gasteiger partial charge in [-0.25, -0.2) is 13.2 Å². The largest absolute Gasteiger partial charge is 0.479 e. The van der Waals surface area contributed by atoms with Crippen LogP contribution in [0.1, 0.15) is 43.6 Å². The van der Waals surface area contributed by atoms with Gasteiger partial charge in [0.25, 0.3) is 10.0 Å². The molecule has 48 heavy (non-hydrogen) atoms. The summed E-state index contributed by atoms with van der Waals surface area (Å²) in [5.74, 6) is -1.43. The predicted molar refractivity (Wildman–Crippen MR) is 188 cm³/mol. The second-order valence-electron chi connectivity index (χ2n) is 13.5. The van der Waals surface area contributed by atoms with Gasteiger partial charge in [-0.2, -0.15) is 5.10 Å². The molecule has 246 valence electrons. The van der Waals surface area contributed by atoms with E-state index in [9.17, 15) is 18.3 Å². The van der Waals surface area contributed by atoms with Gasteiger partial charge in [0.2, 0.25) is 0 Å². The van der Waals surface area contributed by atoms with E-state index in [0.717, 1.165) is 44.2 Å². The van der Waals surface area contributed by atoms with Gasteiger partial charge >= 0.3 is 5.97 Å². The Bertz CT molecular complexity index is 2380. The summed E-state index contributed by atoms with van der Waals surface area (Å²) in [6.07, 6.45) is 2.18. The molecular formula is C37H37N5O5S. The Morgan fingerprint density at radius 2 is 1.67 bits per heavy atom. The van der Waals surface area contributed by atoms with Gasteiger partial charge in [0, 0.05) is 47.8 Å². The maximum absolute atomic E-state index is 13.8. The molecule has 0 spiro atoms. The molecule has 11 heteroatoms. The molecule has 0 amide bonds. The highest BCUT2D eigenvalue weighted by molar-refractivity contribution is 7.91. The van der Waals surface area contributed by atoms with Crippen molar-refractivity contribution >= 4 is 43.5 Å². The molecule has 0 unspecified atom stereocenters. The molecule has 3 aromatic heterocycles. The first-order chi connectivity index (χ1) is 22.6. The van der Waals surface area contributed by atoms with Crippen LogP contribution in [0.5, 0.6) is 0 Å². The van der Waals surface area contributed by atoms with Crippen LogP contribution in [0.25, 0.3) is 55.4 Å². The fourth-order valence-corrected chi connectivity index (χ4v) is 8.07. The van der Waals surface area contributed by atoms with Crippen molar-refractivity contribution in [3.63, 3.8) is 0 Å². The highest BCUT2D eigenvalue weighted by Crippen LogP contribution is 2.50. The minimum absolute atomic E-state index is 0.276. The van der Waals surface area contributed by atoms with Crippen molar-refractivity contribution in [3.05, 3.63) is 89.7 Å². The predicted octanol–water partition coefficient (Wildman–Crippen LogP) is 7.22. The normalized spacial score (nSPS) is 14.9. The van der Waals surface area contributed by atoms with E-state index in [4.69, 9.17) is 4.74 Å². The number of aromatic nitrogens is 4. The summed E-state index contributed by atoms with van der Waals surface area (Å²) in [6, 6.07) is 19.8. The van der Waals surface area contributed by atoms with E-state index in [-0.39, 0.29) is 5.88 Å². The first-order valence-electron chi connectivity index (χ1n) is 15.7. The van der Waals surface area contributed by atoms with Crippen LogP contribution >= 0.6 is 0 Å². The lowest BCUT2D eigenvalue weighted by molar-refractivity contribution is -0.160. The Labute approximate surface area is 279 Å². The van der Waals surface area contributed by atoms with E-state index < -0.39 is 27.7 Å². The second kappa shape index (κ2) is 11.0. The molecule has 1 N–H and O–H groups in total. The van der Waals surface area contributed by atoms with Crippen molar-refractivity contribution in [2.45, 2.75) is 52.2 Å². The summed E-state index contributed by atoms with van der Waals surface area (Å²) in [6.45, 7) is 9.22. The second-order valence-corrected chi connectivity index (χ2v) is 15.4. The smallest absolute Gasteiger partial charge is 0.337 e. The molecule has 0 fully saturated rings. The maximum atomic E-state index is 13.8. The molecule has 0 aliphatic carbocycles. The number of aliphatic carboxylic acids is 1.